The van der Waals surface area contributed by atoms with Crippen molar-refractivity contribution in [2.75, 3.05) is 6.61 Å². The molecule has 4 nitrogen and oxygen atoms in total. The molecule has 2 atom stereocenters. The average Bonchev–Trinajstić information content (AvgIpc) is 2.72. The van der Waals surface area contributed by atoms with Gasteiger partial charge in [-0.2, -0.15) is 0 Å². The Labute approximate surface area is 202 Å². The van der Waals surface area contributed by atoms with Crippen LogP contribution in [0.3, 0.4) is 0 Å². The Morgan fingerprint density at radius 2 is 1.91 bits per heavy atom. The highest BCUT2D eigenvalue weighted by atomic mass is 16.6. The van der Waals surface area contributed by atoms with Crippen molar-refractivity contribution in [2.24, 2.45) is 17.0 Å². The first-order chi connectivity index (χ1) is 15.5. The number of benzene rings is 1. The molecule has 2 aliphatic rings. The van der Waals surface area contributed by atoms with Gasteiger partial charge in [0.2, 0.25) is 0 Å². The summed E-state index contributed by atoms with van der Waals surface area (Å²) in [5.74, 6) is 2.28. The molecule has 1 aliphatic heterocycles. The van der Waals surface area contributed by atoms with E-state index in [2.05, 4.69) is 59.7 Å². The quantitative estimate of drug-likeness (QED) is 0.285. The maximum Gasteiger partial charge on any atom is 0.127 e. The number of rotatable bonds is 10. The van der Waals surface area contributed by atoms with E-state index >= 15 is 0 Å². The van der Waals surface area contributed by atoms with E-state index in [1.807, 2.05) is 6.07 Å². The Morgan fingerprint density at radius 1 is 1.18 bits per heavy atom. The molecule has 1 aromatic carbocycles. The lowest BCUT2D eigenvalue weighted by molar-refractivity contribution is 0.00239. The first-order valence-electron chi connectivity index (χ1n) is 13.3. The molecule has 1 aliphatic carbocycles. The van der Waals surface area contributed by atoms with Crippen LogP contribution in [0.25, 0.3) is 0 Å². The average molecular weight is 458 g/mol. The number of fused-ring (bicyclic) bond motifs is 3. The molecule has 0 spiro atoms. The summed E-state index contributed by atoms with van der Waals surface area (Å²) in [5, 5.41) is 15.7. The van der Waals surface area contributed by atoms with E-state index < -0.39 is 0 Å². The van der Waals surface area contributed by atoms with E-state index in [0.29, 0.717) is 24.2 Å². The second-order valence-electron chi connectivity index (χ2n) is 12.0. The second-order valence-corrected chi connectivity index (χ2v) is 12.0. The van der Waals surface area contributed by atoms with Crippen molar-refractivity contribution in [2.45, 2.75) is 123 Å². The van der Waals surface area contributed by atoms with Crippen LogP contribution in [0.2, 0.25) is 0 Å². The maximum absolute atomic E-state index is 11.2. The van der Waals surface area contributed by atoms with Crippen LogP contribution in [0.5, 0.6) is 11.5 Å². The highest BCUT2D eigenvalue weighted by Gasteiger charge is 2.47. The number of aromatic hydroxyl groups is 1. The van der Waals surface area contributed by atoms with Crippen molar-refractivity contribution < 1.29 is 14.7 Å². The number of hydrogen-bond acceptors (Lipinski definition) is 4. The van der Waals surface area contributed by atoms with Crippen molar-refractivity contribution in [3.8, 4) is 11.5 Å². The van der Waals surface area contributed by atoms with E-state index in [1.54, 1.807) is 0 Å². The molecular weight excluding hydrogens is 410 g/mol. The Kier molecular flexibility index (Phi) is 8.40. The van der Waals surface area contributed by atoms with Crippen molar-refractivity contribution in [3.05, 3.63) is 23.3 Å². The lowest BCUT2D eigenvalue weighted by Gasteiger charge is -2.48. The predicted octanol–water partition coefficient (Wildman–Crippen LogP) is 8.11. The summed E-state index contributed by atoms with van der Waals surface area (Å²) in [7, 11) is 0. The highest BCUT2D eigenvalue weighted by Crippen LogP contribution is 2.54. The summed E-state index contributed by atoms with van der Waals surface area (Å²) < 4.78 is 6.58. The smallest absolute Gasteiger partial charge is 0.127 e. The normalized spacial score (nSPS) is 23.2. The molecular formula is C29H47NO3. The Balaban J connectivity index is 1.83. The van der Waals surface area contributed by atoms with Crippen LogP contribution in [0.1, 0.15) is 123 Å². The van der Waals surface area contributed by atoms with E-state index in [9.17, 15) is 5.11 Å². The number of hydrogen-bond donors (Lipinski definition) is 1. The van der Waals surface area contributed by atoms with Crippen molar-refractivity contribution >= 4 is 5.71 Å². The van der Waals surface area contributed by atoms with Gasteiger partial charge in [-0.15, -0.1) is 0 Å². The van der Waals surface area contributed by atoms with Crippen molar-refractivity contribution in [3.63, 3.8) is 0 Å². The van der Waals surface area contributed by atoms with Gasteiger partial charge >= 0.3 is 0 Å². The van der Waals surface area contributed by atoms with Gasteiger partial charge < -0.3 is 14.7 Å². The minimum atomic E-state index is -0.267. The molecule has 33 heavy (non-hydrogen) atoms. The van der Waals surface area contributed by atoms with Gasteiger partial charge in [-0.1, -0.05) is 71.9 Å². The number of oxime groups is 1. The van der Waals surface area contributed by atoms with Gasteiger partial charge in [0.05, 0.1) is 5.71 Å². The second kappa shape index (κ2) is 10.7. The van der Waals surface area contributed by atoms with Gasteiger partial charge in [-0.05, 0) is 68.6 Å². The molecule has 1 heterocycles. The molecule has 0 unspecified atom stereocenters. The Morgan fingerprint density at radius 3 is 2.61 bits per heavy atom. The molecule has 3 rings (SSSR count). The van der Waals surface area contributed by atoms with Crippen LogP contribution in [-0.2, 0) is 10.3 Å². The molecule has 1 aromatic rings. The summed E-state index contributed by atoms with van der Waals surface area (Å²) in [6.45, 7) is 16.2. The van der Waals surface area contributed by atoms with Gasteiger partial charge in [0.15, 0.2) is 0 Å². The minimum absolute atomic E-state index is 0.00689. The lowest BCUT2D eigenvalue weighted by Crippen LogP contribution is -2.47. The maximum atomic E-state index is 11.2. The minimum Gasteiger partial charge on any atom is -0.508 e. The Bertz CT molecular complexity index is 824. The molecule has 0 amide bonds. The van der Waals surface area contributed by atoms with Gasteiger partial charge in [0, 0.05) is 17.4 Å². The zero-order chi connectivity index (χ0) is 24.2. The Hall–Kier alpha value is -1.71. The predicted molar refractivity (Wildman–Crippen MR) is 138 cm³/mol. The third-order valence-electron chi connectivity index (χ3n) is 7.73. The molecule has 1 N–H and O–H groups in total. The van der Waals surface area contributed by atoms with Crippen LogP contribution in [0.4, 0.5) is 0 Å². The first kappa shape index (κ1) is 25.9. The number of nitrogens with zero attached hydrogens (tertiary/aromatic N) is 1. The van der Waals surface area contributed by atoms with E-state index in [4.69, 9.17) is 9.57 Å². The van der Waals surface area contributed by atoms with Gasteiger partial charge in [0.25, 0.3) is 0 Å². The largest absolute Gasteiger partial charge is 0.508 e. The molecule has 0 bridgehead atoms. The van der Waals surface area contributed by atoms with E-state index in [1.165, 1.54) is 37.7 Å². The SMILES string of the molecule is CCCCCCCC(C)(C)c1cc(O)c2c(c1)OC(C)(C)[C@H]1CCC(=NOCC(C)C)C[C@@H]21. The molecule has 4 heteroatoms. The summed E-state index contributed by atoms with van der Waals surface area (Å²) in [5.41, 5.74) is 2.99. The van der Waals surface area contributed by atoms with Crippen LogP contribution in [-0.4, -0.2) is 23.0 Å². The van der Waals surface area contributed by atoms with E-state index in [0.717, 1.165) is 42.7 Å². The first-order valence-corrected chi connectivity index (χ1v) is 13.3. The fourth-order valence-electron chi connectivity index (χ4n) is 5.65. The third-order valence-corrected chi connectivity index (χ3v) is 7.73. The van der Waals surface area contributed by atoms with Crippen LogP contribution < -0.4 is 4.74 Å². The van der Waals surface area contributed by atoms with Crippen molar-refractivity contribution in [1.82, 2.24) is 0 Å². The lowest BCUT2D eigenvalue weighted by atomic mass is 9.65. The number of phenolic OH excluding ortho intramolecular Hbond substituents is 1. The number of ether oxygens (including phenoxy) is 1. The molecule has 0 radical (unpaired) electrons. The fraction of sp³-hybridized carbons (Fsp3) is 0.759. The van der Waals surface area contributed by atoms with Crippen LogP contribution in [0, 0.1) is 11.8 Å². The number of unbranched alkanes of at least 4 members (excludes halogenated alkanes) is 4. The van der Waals surface area contributed by atoms with Crippen LogP contribution in [0.15, 0.2) is 17.3 Å². The summed E-state index contributed by atoms with van der Waals surface area (Å²) in [6.07, 6.45) is 10.3. The van der Waals surface area contributed by atoms with Gasteiger partial charge in [0.1, 0.15) is 23.7 Å². The molecule has 0 saturated heterocycles. The van der Waals surface area contributed by atoms with Crippen LogP contribution >= 0.6 is 0 Å². The highest BCUT2D eigenvalue weighted by molar-refractivity contribution is 5.86. The molecule has 0 aromatic heterocycles. The molecule has 1 saturated carbocycles. The summed E-state index contributed by atoms with van der Waals surface area (Å²) in [4.78, 5) is 5.60. The molecule has 1 fully saturated rings. The van der Waals surface area contributed by atoms with E-state index in [-0.39, 0.29) is 16.9 Å². The standard InChI is InChI=1S/C29H47NO3/c1-8-9-10-11-12-15-28(4,5)21-16-25(31)27-23-18-22(30-32-19-20(2)3)13-14-24(23)29(6,7)33-26(27)17-21/h16-17,20,23-24,31H,8-15,18-19H2,1-7H3/t23-,24+/m1/s1. The summed E-state index contributed by atoms with van der Waals surface area (Å²) in [6, 6.07) is 4.21. The third kappa shape index (κ3) is 6.25. The zero-order valence-corrected chi connectivity index (χ0v) is 22.2. The van der Waals surface area contributed by atoms with Gasteiger partial charge in [-0.25, -0.2) is 0 Å². The number of phenols is 1. The zero-order valence-electron chi connectivity index (χ0n) is 22.2. The monoisotopic (exact) mass is 457 g/mol. The van der Waals surface area contributed by atoms with Crippen molar-refractivity contribution in [1.29, 1.82) is 0 Å². The fourth-order valence-corrected chi connectivity index (χ4v) is 5.65. The topological polar surface area (TPSA) is 51.0 Å². The molecule has 186 valence electrons. The van der Waals surface area contributed by atoms with Gasteiger partial charge in [-0.3, -0.25) is 0 Å². The summed E-state index contributed by atoms with van der Waals surface area (Å²) >= 11 is 0.